The van der Waals surface area contributed by atoms with Gasteiger partial charge in [0.05, 0.1) is 5.69 Å². The van der Waals surface area contributed by atoms with E-state index in [0.29, 0.717) is 5.95 Å². The molecule has 0 spiro atoms. The molecule has 4 aromatic rings. The third-order valence-electron chi connectivity index (χ3n) is 4.09. The average molecular weight is 330 g/mol. The van der Waals surface area contributed by atoms with Crippen molar-refractivity contribution in [3.05, 3.63) is 67.0 Å². The lowest BCUT2D eigenvalue weighted by Crippen LogP contribution is -2.02. The highest BCUT2D eigenvalue weighted by atomic mass is 16.7. The molecule has 3 heterocycles. The molecule has 5 rings (SSSR count). The smallest absolute Gasteiger partial charge is 0.231 e. The number of hydrogen-bond acceptors (Lipinski definition) is 5. The lowest BCUT2D eigenvalue weighted by atomic mass is 10.1. The highest BCUT2D eigenvalue weighted by molar-refractivity contribution is 5.70. The first-order chi connectivity index (χ1) is 12.4. The number of anilines is 2. The van der Waals surface area contributed by atoms with E-state index >= 15 is 0 Å². The fraction of sp³-hybridized carbons (Fsp3) is 0.0526. The zero-order valence-electron chi connectivity index (χ0n) is 13.2. The van der Waals surface area contributed by atoms with Gasteiger partial charge in [-0.05, 0) is 30.3 Å². The Morgan fingerprint density at radius 1 is 0.960 bits per heavy atom. The Bertz CT molecular complexity index is 1060. The minimum absolute atomic E-state index is 0.256. The van der Waals surface area contributed by atoms with E-state index in [1.165, 1.54) is 0 Å². The number of nitrogens with one attached hydrogen (secondary N) is 1. The topological polar surface area (TPSA) is 60.7 Å². The van der Waals surface area contributed by atoms with Crippen LogP contribution in [0.3, 0.4) is 0 Å². The first-order valence-corrected chi connectivity index (χ1v) is 7.93. The molecule has 6 heteroatoms. The molecule has 0 bridgehead atoms. The number of ether oxygens (including phenoxy) is 2. The van der Waals surface area contributed by atoms with Crippen LogP contribution in [0.1, 0.15) is 0 Å². The largest absolute Gasteiger partial charge is 0.454 e. The van der Waals surface area contributed by atoms with E-state index in [1.54, 1.807) is 6.20 Å². The van der Waals surface area contributed by atoms with Gasteiger partial charge in [-0.3, -0.25) is 4.40 Å². The first kappa shape index (κ1) is 13.9. The third kappa shape index (κ3) is 2.44. The van der Waals surface area contributed by atoms with E-state index in [2.05, 4.69) is 10.3 Å². The van der Waals surface area contributed by atoms with Crippen molar-refractivity contribution in [1.82, 2.24) is 14.4 Å². The highest BCUT2D eigenvalue weighted by Crippen LogP contribution is 2.36. The minimum Gasteiger partial charge on any atom is -0.454 e. The fourth-order valence-electron chi connectivity index (χ4n) is 2.87. The van der Waals surface area contributed by atoms with Crippen LogP contribution >= 0.6 is 0 Å². The van der Waals surface area contributed by atoms with Crippen LogP contribution in [0, 0.1) is 0 Å². The van der Waals surface area contributed by atoms with Crippen LogP contribution in [0.25, 0.3) is 16.9 Å². The summed E-state index contributed by atoms with van der Waals surface area (Å²) in [6.45, 7) is 0.256. The van der Waals surface area contributed by atoms with Gasteiger partial charge in [0.25, 0.3) is 0 Å². The average Bonchev–Trinajstić information content (AvgIpc) is 3.31. The molecule has 0 amide bonds. The molecule has 0 fully saturated rings. The van der Waals surface area contributed by atoms with Gasteiger partial charge >= 0.3 is 0 Å². The summed E-state index contributed by atoms with van der Waals surface area (Å²) < 4.78 is 12.8. The normalized spacial score (nSPS) is 12.5. The maximum absolute atomic E-state index is 5.47. The zero-order valence-corrected chi connectivity index (χ0v) is 13.2. The van der Waals surface area contributed by atoms with Gasteiger partial charge in [0.1, 0.15) is 5.65 Å². The van der Waals surface area contributed by atoms with E-state index in [-0.39, 0.29) is 6.79 Å². The summed E-state index contributed by atoms with van der Waals surface area (Å²) in [7, 11) is 0. The molecule has 1 aliphatic rings. The van der Waals surface area contributed by atoms with E-state index in [9.17, 15) is 0 Å². The molecule has 0 radical (unpaired) electrons. The molecule has 0 aliphatic carbocycles. The zero-order chi connectivity index (χ0) is 16.6. The van der Waals surface area contributed by atoms with E-state index in [1.807, 2.05) is 65.2 Å². The van der Waals surface area contributed by atoms with Gasteiger partial charge in [0.2, 0.25) is 12.7 Å². The van der Waals surface area contributed by atoms with Crippen molar-refractivity contribution in [2.45, 2.75) is 0 Å². The molecule has 2 aromatic carbocycles. The summed E-state index contributed by atoms with van der Waals surface area (Å²) in [5.74, 6) is 2.20. The Labute approximate surface area is 143 Å². The van der Waals surface area contributed by atoms with Gasteiger partial charge in [-0.1, -0.05) is 18.2 Å². The number of fused-ring (bicyclic) bond motifs is 2. The van der Waals surface area contributed by atoms with Crippen molar-refractivity contribution in [3.63, 3.8) is 0 Å². The number of hydrogen-bond donors (Lipinski definition) is 1. The Morgan fingerprint density at radius 2 is 1.84 bits per heavy atom. The molecule has 1 aliphatic heterocycles. The van der Waals surface area contributed by atoms with Gasteiger partial charge < -0.3 is 14.8 Å². The number of aromatic nitrogens is 3. The minimum atomic E-state index is 0.256. The second-order valence-corrected chi connectivity index (χ2v) is 5.68. The van der Waals surface area contributed by atoms with Gasteiger partial charge in [-0.25, -0.2) is 9.97 Å². The molecule has 2 aromatic heterocycles. The van der Waals surface area contributed by atoms with Crippen molar-refractivity contribution >= 4 is 17.3 Å². The molecular weight excluding hydrogens is 316 g/mol. The quantitative estimate of drug-likeness (QED) is 0.618. The van der Waals surface area contributed by atoms with Gasteiger partial charge in [0, 0.05) is 29.7 Å². The molecule has 0 saturated carbocycles. The van der Waals surface area contributed by atoms with Gasteiger partial charge in [0.15, 0.2) is 11.5 Å². The first-order valence-electron chi connectivity index (χ1n) is 7.93. The van der Waals surface area contributed by atoms with Crippen molar-refractivity contribution in [2.75, 3.05) is 12.1 Å². The molecule has 25 heavy (non-hydrogen) atoms. The van der Waals surface area contributed by atoms with Crippen molar-refractivity contribution < 1.29 is 9.47 Å². The number of imidazole rings is 1. The maximum atomic E-state index is 5.47. The van der Waals surface area contributed by atoms with Crippen molar-refractivity contribution in [2.24, 2.45) is 0 Å². The van der Waals surface area contributed by atoms with Crippen LogP contribution in [0.15, 0.2) is 67.0 Å². The summed E-state index contributed by atoms with van der Waals surface area (Å²) in [6.07, 6.45) is 3.65. The van der Waals surface area contributed by atoms with Crippen LogP contribution in [-0.2, 0) is 0 Å². The molecule has 0 saturated heterocycles. The monoisotopic (exact) mass is 330 g/mol. The summed E-state index contributed by atoms with van der Waals surface area (Å²) in [6, 6.07) is 17.7. The Balaban J connectivity index is 1.62. The lowest BCUT2D eigenvalue weighted by molar-refractivity contribution is 0.174. The predicted molar refractivity (Wildman–Crippen MR) is 94.3 cm³/mol. The molecule has 6 nitrogen and oxygen atoms in total. The molecule has 0 atom stereocenters. The summed E-state index contributed by atoms with van der Waals surface area (Å²) in [5.41, 5.74) is 3.55. The van der Waals surface area contributed by atoms with Gasteiger partial charge in [-0.15, -0.1) is 0 Å². The van der Waals surface area contributed by atoms with E-state index in [4.69, 9.17) is 14.5 Å². The van der Waals surface area contributed by atoms with Gasteiger partial charge in [-0.2, -0.15) is 0 Å². The molecule has 0 unspecified atom stereocenters. The van der Waals surface area contributed by atoms with E-state index < -0.39 is 0 Å². The summed E-state index contributed by atoms with van der Waals surface area (Å²) >= 11 is 0. The Kier molecular flexibility index (Phi) is 3.06. The van der Waals surface area contributed by atoms with Crippen LogP contribution in [0.2, 0.25) is 0 Å². The van der Waals surface area contributed by atoms with Crippen molar-refractivity contribution in [1.29, 1.82) is 0 Å². The second kappa shape index (κ2) is 5.52. The van der Waals surface area contributed by atoms with Crippen LogP contribution in [0.4, 0.5) is 11.6 Å². The maximum Gasteiger partial charge on any atom is 0.231 e. The van der Waals surface area contributed by atoms with Crippen LogP contribution in [0.5, 0.6) is 11.5 Å². The predicted octanol–water partition coefficient (Wildman–Crippen LogP) is 3.87. The molecule has 1 N–H and O–H groups in total. The summed E-state index contributed by atoms with van der Waals surface area (Å²) in [5, 5.41) is 3.35. The molecular formula is C19H14N4O2. The SMILES string of the molecule is c1ccc(Nc2nc(-c3ccc4c(c3)OCO4)cc3nccn23)cc1. The van der Waals surface area contributed by atoms with E-state index in [0.717, 1.165) is 34.1 Å². The lowest BCUT2D eigenvalue weighted by Gasteiger charge is -2.11. The Hall–Kier alpha value is -3.54. The Morgan fingerprint density at radius 3 is 2.76 bits per heavy atom. The van der Waals surface area contributed by atoms with Crippen molar-refractivity contribution in [3.8, 4) is 22.8 Å². The number of benzene rings is 2. The number of rotatable bonds is 3. The highest BCUT2D eigenvalue weighted by Gasteiger charge is 2.15. The second-order valence-electron chi connectivity index (χ2n) is 5.68. The van der Waals surface area contributed by atoms with Crippen LogP contribution in [-0.4, -0.2) is 21.2 Å². The number of para-hydroxylation sites is 1. The summed E-state index contributed by atoms with van der Waals surface area (Å²) in [4.78, 5) is 9.19. The van der Waals surface area contributed by atoms with Crippen LogP contribution < -0.4 is 14.8 Å². The number of nitrogens with zero attached hydrogens (tertiary/aromatic N) is 3. The standard InChI is InChI=1S/C19H14N4O2/c1-2-4-14(5-3-1)21-19-22-15(11-18-20-8-9-23(18)19)13-6-7-16-17(10-13)25-12-24-16/h1-11H,12H2,(H,21,22). The molecule has 122 valence electrons. The fourth-order valence-corrected chi connectivity index (χ4v) is 2.87. The third-order valence-corrected chi connectivity index (χ3v) is 4.09.